The Bertz CT molecular complexity index is 1230. The van der Waals surface area contributed by atoms with Crippen molar-refractivity contribution < 1.29 is 14.0 Å². The lowest BCUT2D eigenvalue weighted by atomic mass is 9.88. The third kappa shape index (κ3) is 2.57. The number of aromatic nitrogens is 3. The first-order chi connectivity index (χ1) is 14.9. The Kier molecular flexibility index (Phi) is 3.65. The fourth-order valence-electron chi connectivity index (χ4n) is 5.58. The molecule has 1 aromatic carbocycles. The molecule has 3 heterocycles. The summed E-state index contributed by atoms with van der Waals surface area (Å²) in [6.07, 6.45) is 5.61. The zero-order valence-electron chi connectivity index (χ0n) is 17.1. The van der Waals surface area contributed by atoms with Crippen molar-refractivity contribution >= 4 is 17.5 Å². The molecule has 6 rings (SSSR count). The summed E-state index contributed by atoms with van der Waals surface area (Å²) < 4.78 is 16.6. The Labute approximate surface area is 178 Å². The van der Waals surface area contributed by atoms with Crippen LogP contribution in [0.5, 0.6) is 0 Å². The molecule has 0 radical (unpaired) electrons. The molecule has 0 bridgehead atoms. The van der Waals surface area contributed by atoms with Gasteiger partial charge in [0.05, 0.1) is 31.2 Å². The highest BCUT2D eigenvalue weighted by Gasteiger charge is 2.71. The van der Waals surface area contributed by atoms with Gasteiger partial charge in [0.15, 0.2) is 11.3 Å². The molecule has 3 unspecified atom stereocenters. The van der Waals surface area contributed by atoms with E-state index < -0.39 is 17.0 Å². The number of fused-ring (bicyclic) bond motifs is 4. The van der Waals surface area contributed by atoms with Crippen molar-refractivity contribution in [3.05, 3.63) is 65.6 Å². The fraction of sp³-hybridized carbons (Fsp3) is 0.391. The number of benzene rings is 1. The van der Waals surface area contributed by atoms with Gasteiger partial charge in [0.1, 0.15) is 5.56 Å². The molecule has 2 aromatic heterocycles. The molecule has 31 heavy (non-hydrogen) atoms. The van der Waals surface area contributed by atoms with Gasteiger partial charge in [0.25, 0.3) is 5.91 Å². The first-order valence-corrected chi connectivity index (χ1v) is 10.5. The van der Waals surface area contributed by atoms with Crippen molar-refractivity contribution in [1.82, 2.24) is 24.8 Å². The van der Waals surface area contributed by atoms with E-state index in [2.05, 4.69) is 27.5 Å². The van der Waals surface area contributed by atoms with Crippen molar-refractivity contribution in [2.75, 3.05) is 19.6 Å². The van der Waals surface area contributed by atoms with E-state index in [0.29, 0.717) is 17.1 Å². The largest absolute Gasteiger partial charge is 0.349 e. The summed E-state index contributed by atoms with van der Waals surface area (Å²) in [7, 11) is 0. The van der Waals surface area contributed by atoms with Crippen LogP contribution in [0.25, 0.3) is 5.65 Å². The minimum Gasteiger partial charge on any atom is -0.349 e. The number of hydrogen-bond acceptors (Lipinski definition) is 4. The highest BCUT2D eigenvalue weighted by atomic mass is 19.1. The van der Waals surface area contributed by atoms with Crippen LogP contribution in [0.1, 0.15) is 34.3 Å². The number of amides is 2. The third-order valence-corrected chi connectivity index (χ3v) is 7.33. The van der Waals surface area contributed by atoms with Crippen LogP contribution in [-0.4, -0.2) is 56.6 Å². The molecule has 1 saturated heterocycles. The average molecular weight is 419 g/mol. The van der Waals surface area contributed by atoms with Crippen LogP contribution in [0.4, 0.5) is 4.39 Å². The van der Waals surface area contributed by atoms with Gasteiger partial charge >= 0.3 is 0 Å². The molecule has 7 nitrogen and oxygen atoms in total. The summed E-state index contributed by atoms with van der Waals surface area (Å²) in [6, 6.07) is 10.0. The molecule has 1 N–H and O–H groups in total. The van der Waals surface area contributed by atoms with Crippen LogP contribution in [0.15, 0.2) is 48.9 Å². The maximum Gasteiger partial charge on any atom is 0.256 e. The zero-order valence-corrected chi connectivity index (χ0v) is 17.1. The Balaban J connectivity index is 1.08. The summed E-state index contributed by atoms with van der Waals surface area (Å²) in [5.74, 6) is 0.169. The molecule has 8 heteroatoms. The number of rotatable bonds is 4. The molecule has 0 spiro atoms. The van der Waals surface area contributed by atoms with Gasteiger partial charge in [-0.05, 0) is 36.5 Å². The highest BCUT2D eigenvalue weighted by Crippen LogP contribution is 2.71. The molecule has 3 aromatic rings. The van der Waals surface area contributed by atoms with E-state index in [1.807, 2.05) is 19.1 Å². The van der Waals surface area contributed by atoms with Crippen LogP contribution in [0.2, 0.25) is 0 Å². The molecule has 2 aliphatic carbocycles. The molecule has 1 saturated carbocycles. The van der Waals surface area contributed by atoms with E-state index in [1.165, 1.54) is 21.8 Å². The summed E-state index contributed by atoms with van der Waals surface area (Å²) >= 11 is 0. The van der Waals surface area contributed by atoms with Gasteiger partial charge < -0.3 is 10.2 Å². The van der Waals surface area contributed by atoms with Crippen LogP contribution in [0, 0.1) is 11.3 Å². The van der Waals surface area contributed by atoms with Gasteiger partial charge in [-0.1, -0.05) is 24.3 Å². The SMILES string of the molecule is CC1(C(=O)N2CC(F)(CNC(=O)c3cnn4cccnc34)C2)C2Cc3ccccc3C21. The lowest BCUT2D eigenvalue weighted by Crippen LogP contribution is -2.66. The van der Waals surface area contributed by atoms with Crippen molar-refractivity contribution in [2.45, 2.75) is 24.9 Å². The van der Waals surface area contributed by atoms with E-state index in [0.717, 1.165) is 6.42 Å². The molecular weight excluding hydrogens is 397 g/mol. The normalized spacial score (nSPS) is 27.4. The fourth-order valence-corrected chi connectivity index (χ4v) is 5.58. The van der Waals surface area contributed by atoms with Gasteiger partial charge in [-0.2, -0.15) is 5.10 Å². The van der Waals surface area contributed by atoms with Crippen molar-refractivity contribution in [2.24, 2.45) is 11.3 Å². The van der Waals surface area contributed by atoms with Crippen LogP contribution in [0.3, 0.4) is 0 Å². The van der Waals surface area contributed by atoms with Gasteiger partial charge in [-0.15, -0.1) is 0 Å². The maximum atomic E-state index is 15.1. The standard InChI is InChI=1S/C23H22FN5O2/c1-22(17-9-14-5-2-3-6-15(14)18(17)22)21(31)28-12-23(24,13-28)11-26-20(30)16-10-27-29-8-4-7-25-19(16)29/h2-8,10,17-18H,9,11-13H2,1H3,(H,26,30). The number of carbonyl (C=O) groups excluding carboxylic acids is 2. The topological polar surface area (TPSA) is 79.6 Å². The smallest absolute Gasteiger partial charge is 0.256 e. The quantitative estimate of drug-likeness (QED) is 0.702. The van der Waals surface area contributed by atoms with E-state index in [9.17, 15) is 9.59 Å². The predicted molar refractivity (Wildman–Crippen MR) is 110 cm³/mol. The number of carbonyl (C=O) groups is 2. The molecule has 158 valence electrons. The Morgan fingerprint density at radius 2 is 2.06 bits per heavy atom. The minimum atomic E-state index is -1.61. The number of hydrogen-bond donors (Lipinski definition) is 1. The van der Waals surface area contributed by atoms with E-state index in [-0.39, 0.29) is 31.5 Å². The Morgan fingerprint density at radius 1 is 1.26 bits per heavy atom. The second-order valence-electron chi connectivity index (χ2n) is 9.21. The second-order valence-corrected chi connectivity index (χ2v) is 9.21. The maximum absolute atomic E-state index is 15.1. The molecule has 3 aliphatic rings. The molecule has 3 atom stereocenters. The van der Waals surface area contributed by atoms with Crippen molar-refractivity contribution in [1.29, 1.82) is 0 Å². The number of alkyl halides is 1. The summed E-state index contributed by atoms with van der Waals surface area (Å²) in [5, 5.41) is 6.72. The number of halogens is 1. The second kappa shape index (κ2) is 6.12. The molecule has 2 amide bonds. The Morgan fingerprint density at radius 3 is 2.90 bits per heavy atom. The first-order valence-electron chi connectivity index (χ1n) is 10.5. The Hall–Kier alpha value is -3.29. The minimum absolute atomic E-state index is 0.00972. The number of likely N-dealkylation sites (tertiary alicyclic amines) is 1. The summed E-state index contributed by atoms with van der Waals surface area (Å²) in [4.78, 5) is 31.4. The first kappa shape index (κ1) is 18.5. The van der Waals surface area contributed by atoms with Crippen molar-refractivity contribution in [3.63, 3.8) is 0 Å². The molecular formula is C23H22FN5O2. The van der Waals surface area contributed by atoms with Crippen LogP contribution < -0.4 is 5.32 Å². The molecule has 1 aliphatic heterocycles. The predicted octanol–water partition coefficient (Wildman–Crippen LogP) is 1.99. The van der Waals surface area contributed by atoms with Crippen LogP contribution >= 0.6 is 0 Å². The third-order valence-electron chi connectivity index (χ3n) is 7.33. The highest BCUT2D eigenvalue weighted by molar-refractivity contribution is 5.99. The molecule has 2 fully saturated rings. The van der Waals surface area contributed by atoms with Crippen molar-refractivity contribution in [3.8, 4) is 0 Å². The van der Waals surface area contributed by atoms with Gasteiger partial charge in [-0.25, -0.2) is 13.9 Å². The number of nitrogens with one attached hydrogen (secondary N) is 1. The summed E-state index contributed by atoms with van der Waals surface area (Å²) in [6.45, 7) is 1.89. The summed E-state index contributed by atoms with van der Waals surface area (Å²) in [5.41, 5.74) is 1.28. The van der Waals surface area contributed by atoms with E-state index >= 15 is 4.39 Å². The van der Waals surface area contributed by atoms with Crippen LogP contribution in [-0.2, 0) is 11.2 Å². The van der Waals surface area contributed by atoms with Gasteiger partial charge in [-0.3, -0.25) is 9.59 Å². The monoisotopic (exact) mass is 419 g/mol. The lowest BCUT2D eigenvalue weighted by molar-refractivity contribution is -0.151. The van der Waals surface area contributed by atoms with E-state index in [4.69, 9.17) is 0 Å². The zero-order chi connectivity index (χ0) is 21.4. The average Bonchev–Trinajstić information content (AvgIpc) is 3.11. The van der Waals surface area contributed by atoms with Gasteiger partial charge in [0, 0.05) is 18.3 Å². The number of nitrogens with zero attached hydrogens (tertiary/aromatic N) is 4. The lowest BCUT2D eigenvalue weighted by Gasteiger charge is -2.46. The van der Waals surface area contributed by atoms with E-state index in [1.54, 1.807) is 23.4 Å². The van der Waals surface area contributed by atoms with Gasteiger partial charge in [0.2, 0.25) is 5.91 Å².